The molecule has 0 atom stereocenters. The lowest BCUT2D eigenvalue weighted by molar-refractivity contribution is 0.102. The number of nitrogens with zero attached hydrogens (tertiary/aromatic N) is 3. The number of aryl methyl sites for hydroxylation is 2. The SMILES string of the molecule is Cc1ccccc1-c1nnc(SCC(=O)c2cc(C)n(Cc3cccs3)c2C)o1. The Kier molecular flexibility index (Phi) is 5.69. The van der Waals surface area contributed by atoms with Crippen molar-refractivity contribution in [2.45, 2.75) is 32.5 Å². The Morgan fingerprint density at radius 3 is 2.72 bits per heavy atom. The fraction of sp³-hybridized carbons (Fsp3) is 0.227. The molecule has 0 unspecified atom stereocenters. The molecule has 4 rings (SSSR count). The van der Waals surface area contributed by atoms with Crippen LogP contribution in [0.5, 0.6) is 0 Å². The minimum Gasteiger partial charge on any atom is -0.411 e. The van der Waals surface area contributed by atoms with E-state index in [0.717, 1.165) is 34.6 Å². The summed E-state index contributed by atoms with van der Waals surface area (Å²) in [6.07, 6.45) is 0. The van der Waals surface area contributed by atoms with Gasteiger partial charge in [-0.25, -0.2) is 0 Å². The molecule has 0 aliphatic carbocycles. The monoisotopic (exact) mass is 423 g/mol. The van der Waals surface area contributed by atoms with E-state index in [1.165, 1.54) is 16.6 Å². The number of hydrogen-bond acceptors (Lipinski definition) is 6. The number of rotatable bonds is 7. The summed E-state index contributed by atoms with van der Waals surface area (Å²) in [6, 6.07) is 14.0. The normalized spacial score (nSPS) is 11.1. The van der Waals surface area contributed by atoms with Crippen molar-refractivity contribution in [3.05, 3.63) is 75.2 Å². The van der Waals surface area contributed by atoms with E-state index in [-0.39, 0.29) is 11.5 Å². The van der Waals surface area contributed by atoms with Gasteiger partial charge in [0.25, 0.3) is 5.22 Å². The molecule has 5 nitrogen and oxygen atoms in total. The summed E-state index contributed by atoms with van der Waals surface area (Å²) in [5.74, 6) is 0.807. The first-order valence-corrected chi connectivity index (χ1v) is 11.1. The second-order valence-corrected chi connectivity index (χ2v) is 8.81. The van der Waals surface area contributed by atoms with Gasteiger partial charge < -0.3 is 8.98 Å². The van der Waals surface area contributed by atoms with Crippen LogP contribution in [0.25, 0.3) is 11.5 Å². The largest absolute Gasteiger partial charge is 0.411 e. The summed E-state index contributed by atoms with van der Waals surface area (Å²) in [5, 5.41) is 10.7. The first-order chi connectivity index (χ1) is 14.0. The van der Waals surface area contributed by atoms with Crippen LogP contribution in [0.2, 0.25) is 0 Å². The molecule has 3 heterocycles. The van der Waals surface area contributed by atoms with Gasteiger partial charge in [-0.1, -0.05) is 36.0 Å². The summed E-state index contributed by atoms with van der Waals surface area (Å²) in [6.45, 7) is 6.83. The van der Waals surface area contributed by atoms with Crippen molar-refractivity contribution in [1.29, 1.82) is 0 Å². The van der Waals surface area contributed by atoms with Crippen molar-refractivity contribution in [3.63, 3.8) is 0 Å². The van der Waals surface area contributed by atoms with Crippen LogP contribution in [0.4, 0.5) is 0 Å². The predicted octanol–water partition coefficient (Wildman–Crippen LogP) is 5.55. The van der Waals surface area contributed by atoms with Crippen LogP contribution in [0.15, 0.2) is 57.5 Å². The van der Waals surface area contributed by atoms with Crippen LogP contribution in [-0.4, -0.2) is 26.3 Å². The molecule has 148 valence electrons. The van der Waals surface area contributed by atoms with E-state index < -0.39 is 0 Å². The molecule has 4 aromatic rings. The molecule has 0 N–H and O–H groups in total. The third kappa shape index (κ3) is 4.21. The Morgan fingerprint density at radius 1 is 1.14 bits per heavy atom. The minimum atomic E-state index is 0.0659. The smallest absolute Gasteiger partial charge is 0.277 e. The standard InChI is InChI=1S/C22H21N3O2S2/c1-14-7-4-5-9-18(14)21-23-24-22(27-21)29-13-20(26)19-11-15(2)25(16(19)3)12-17-8-6-10-28-17/h4-11H,12-13H2,1-3H3. The number of Topliss-reactive ketones (excluding diaryl/α,β-unsaturated/α-hetero) is 1. The highest BCUT2D eigenvalue weighted by atomic mass is 32.2. The van der Waals surface area contributed by atoms with Crippen molar-refractivity contribution >= 4 is 28.9 Å². The maximum Gasteiger partial charge on any atom is 0.277 e. The molecule has 7 heteroatoms. The Bertz CT molecular complexity index is 1140. The van der Waals surface area contributed by atoms with E-state index in [1.807, 2.05) is 57.2 Å². The fourth-order valence-corrected chi connectivity index (χ4v) is 4.62. The van der Waals surface area contributed by atoms with Gasteiger partial charge in [-0.3, -0.25) is 4.79 Å². The molecule has 0 aliphatic heterocycles. The van der Waals surface area contributed by atoms with Crippen LogP contribution in [0.1, 0.15) is 32.2 Å². The van der Waals surface area contributed by atoms with Gasteiger partial charge in [-0.2, -0.15) is 0 Å². The van der Waals surface area contributed by atoms with Crippen molar-refractivity contribution in [1.82, 2.24) is 14.8 Å². The summed E-state index contributed by atoms with van der Waals surface area (Å²) in [4.78, 5) is 14.1. The molecular weight excluding hydrogens is 402 g/mol. The summed E-state index contributed by atoms with van der Waals surface area (Å²) < 4.78 is 7.94. The third-order valence-corrected chi connectivity index (χ3v) is 6.56. The van der Waals surface area contributed by atoms with Crippen molar-refractivity contribution in [3.8, 4) is 11.5 Å². The minimum absolute atomic E-state index is 0.0659. The quantitative estimate of drug-likeness (QED) is 0.288. The maximum absolute atomic E-state index is 12.8. The molecule has 0 amide bonds. The number of thiophene rings is 1. The van der Waals surface area contributed by atoms with Crippen LogP contribution in [0, 0.1) is 20.8 Å². The summed E-state index contributed by atoms with van der Waals surface area (Å²) in [5.41, 5.74) is 4.82. The lowest BCUT2D eigenvalue weighted by atomic mass is 10.1. The van der Waals surface area contributed by atoms with Gasteiger partial charge in [0, 0.05) is 27.4 Å². The van der Waals surface area contributed by atoms with Gasteiger partial charge in [0.05, 0.1) is 12.3 Å². The van der Waals surface area contributed by atoms with E-state index in [1.54, 1.807) is 11.3 Å². The number of carbonyl (C=O) groups is 1. The molecule has 0 spiro atoms. The maximum atomic E-state index is 12.8. The van der Waals surface area contributed by atoms with E-state index in [2.05, 4.69) is 26.2 Å². The first-order valence-electron chi connectivity index (χ1n) is 9.27. The molecule has 0 bridgehead atoms. The highest BCUT2D eigenvalue weighted by molar-refractivity contribution is 7.99. The van der Waals surface area contributed by atoms with Crippen molar-refractivity contribution < 1.29 is 9.21 Å². The van der Waals surface area contributed by atoms with Gasteiger partial charge in [-0.05, 0) is 49.9 Å². The van der Waals surface area contributed by atoms with E-state index >= 15 is 0 Å². The van der Waals surface area contributed by atoms with Crippen molar-refractivity contribution in [2.24, 2.45) is 0 Å². The zero-order valence-electron chi connectivity index (χ0n) is 16.5. The summed E-state index contributed by atoms with van der Waals surface area (Å²) in [7, 11) is 0. The number of hydrogen-bond donors (Lipinski definition) is 0. The molecule has 3 aromatic heterocycles. The van der Waals surface area contributed by atoms with Gasteiger partial charge in [0.1, 0.15) is 0 Å². The molecule has 0 radical (unpaired) electrons. The van der Waals surface area contributed by atoms with Crippen molar-refractivity contribution in [2.75, 3.05) is 5.75 Å². The topological polar surface area (TPSA) is 60.9 Å². The molecular formula is C22H21N3O2S2. The molecule has 0 aliphatic rings. The van der Waals surface area contributed by atoms with E-state index in [0.29, 0.717) is 11.1 Å². The second kappa shape index (κ2) is 8.39. The first kappa shape index (κ1) is 19.7. The number of ketones is 1. The molecule has 29 heavy (non-hydrogen) atoms. The Morgan fingerprint density at radius 2 is 1.97 bits per heavy atom. The predicted molar refractivity (Wildman–Crippen MR) is 117 cm³/mol. The zero-order chi connectivity index (χ0) is 20.4. The third-order valence-electron chi connectivity index (χ3n) is 4.88. The zero-order valence-corrected chi connectivity index (χ0v) is 18.1. The van der Waals surface area contributed by atoms with Crippen LogP contribution >= 0.6 is 23.1 Å². The average molecular weight is 424 g/mol. The van der Waals surface area contributed by atoms with Gasteiger partial charge in [0.15, 0.2) is 5.78 Å². The lowest BCUT2D eigenvalue weighted by Crippen LogP contribution is -2.07. The highest BCUT2D eigenvalue weighted by Gasteiger charge is 2.18. The number of carbonyl (C=O) groups excluding carboxylic acids is 1. The number of benzene rings is 1. The fourth-order valence-electron chi connectivity index (χ4n) is 3.28. The van der Waals surface area contributed by atoms with Gasteiger partial charge >= 0.3 is 0 Å². The number of aromatic nitrogens is 3. The average Bonchev–Trinajstić information content (AvgIpc) is 3.44. The molecule has 0 fully saturated rings. The number of thioether (sulfide) groups is 1. The highest BCUT2D eigenvalue weighted by Crippen LogP contribution is 2.27. The van der Waals surface area contributed by atoms with E-state index in [9.17, 15) is 4.79 Å². The lowest BCUT2D eigenvalue weighted by Gasteiger charge is -2.08. The van der Waals surface area contributed by atoms with E-state index in [4.69, 9.17) is 4.42 Å². The summed E-state index contributed by atoms with van der Waals surface area (Å²) >= 11 is 3.00. The van der Waals surface area contributed by atoms with Crippen LogP contribution in [-0.2, 0) is 6.54 Å². The van der Waals surface area contributed by atoms with Gasteiger partial charge in [0.2, 0.25) is 5.89 Å². The molecule has 1 aromatic carbocycles. The molecule has 0 saturated carbocycles. The Hall–Kier alpha value is -2.64. The van der Waals surface area contributed by atoms with Gasteiger partial charge in [-0.15, -0.1) is 21.5 Å². The Labute approximate surface area is 177 Å². The van der Waals surface area contributed by atoms with Crippen LogP contribution < -0.4 is 0 Å². The Balaban J connectivity index is 1.45. The van der Waals surface area contributed by atoms with Crippen LogP contribution in [0.3, 0.4) is 0 Å². The second-order valence-electron chi connectivity index (χ2n) is 6.85. The molecule has 0 saturated heterocycles.